The molecule has 1 amide bonds. The zero-order chi connectivity index (χ0) is 23.4. The lowest BCUT2D eigenvalue weighted by Crippen LogP contribution is -2.17. The van der Waals surface area contributed by atoms with Crippen molar-refractivity contribution < 1.29 is 35.9 Å². The molecule has 0 heterocycles. The number of rotatable bonds is 7. The van der Waals surface area contributed by atoms with E-state index < -0.39 is 28.0 Å². The largest absolute Gasteiger partial charge is 0.573 e. The average Bonchev–Trinajstić information content (AvgIpc) is 2.73. The molecule has 0 aliphatic carbocycles. The molecule has 0 bridgehead atoms. The molecule has 168 valence electrons. The maximum Gasteiger partial charge on any atom is 0.573 e. The minimum atomic E-state index is -4.86. The number of hydrogen-bond donors (Lipinski definition) is 2. The highest BCUT2D eigenvalue weighted by Crippen LogP contribution is 2.25. The van der Waals surface area contributed by atoms with Crippen LogP contribution in [0.5, 0.6) is 11.5 Å². The molecule has 32 heavy (non-hydrogen) atoms. The summed E-state index contributed by atoms with van der Waals surface area (Å²) in [7, 11) is -2.41. The zero-order valence-corrected chi connectivity index (χ0v) is 17.3. The van der Waals surface area contributed by atoms with Crippen LogP contribution < -0.4 is 19.5 Å². The molecule has 7 nitrogen and oxygen atoms in total. The quantitative estimate of drug-likeness (QED) is 0.529. The highest BCUT2D eigenvalue weighted by molar-refractivity contribution is 7.92. The van der Waals surface area contributed by atoms with E-state index in [0.717, 1.165) is 12.1 Å². The highest BCUT2D eigenvalue weighted by Gasteiger charge is 2.31. The first-order valence-corrected chi connectivity index (χ1v) is 10.5. The van der Waals surface area contributed by atoms with Crippen LogP contribution in [0.15, 0.2) is 77.7 Å². The Morgan fingerprint density at radius 1 is 0.875 bits per heavy atom. The van der Waals surface area contributed by atoms with E-state index in [1.54, 1.807) is 12.1 Å². The van der Waals surface area contributed by atoms with Gasteiger partial charge in [-0.2, -0.15) is 0 Å². The van der Waals surface area contributed by atoms with Gasteiger partial charge >= 0.3 is 6.36 Å². The first-order chi connectivity index (χ1) is 15.1. The standard InChI is InChI=1S/C21H17F3N2O5S/c1-30-17-9-7-15(8-10-17)26-32(28,29)19-11-5-14(6-12-19)20(27)25-16-3-2-4-18(13-16)31-21(22,23)24/h2-13,26H,1H3,(H,25,27). The summed E-state index contributed by atoms with van der Waals surface area (Å²) in [6.07, 6.45) is -4.86. The zero-order valence-electron chi connectivity index (χ0n) is 16.5. The summed E-state index contributed by atoms with van der Waals surface area (Å²) >= 11 is 0. The molecular weight excluding hydrogens is 449 g/mol. The van der Waals surface area contributed by atoms with Crippen molar-refractivity contribution in [1.82, 2.24) is 0 Å². The maximum absolute atomic E-state index is 12.5. The van der Waals surface area contributed by atoms with E-state index in [2.05, 4.69) is 14.8 Å². The van der Waals surface area contributed by atoms with Crippen LogP contribution >= 0.6 is 0 Å². The molecule has 0 radical (unpaired) electrons. The van der Waals surface area contributed by atoms with Gasteiger partial charge in [-0.1, -0.05) is 6.07 Å². The van der Waals surface area contributed by atoms with E-state index in [1.807, 2.05) is 0 Å². The summed E-state index contributed by atoms with van der Waals surface area (Å²) in [5.74, 6) is -0.554. The molecule has 0 spiro atoms. The number of amides is 1. The van der Waals surface area contributed by atoms with Crippen LogP contribution in [0.25, 0.3) is 0 Å². The Morgan fingerprint density at radius 2 is 1.53 bits per heavy atom. The van der Waals surface area contributed by atoms with E-state index in [9.17, 15) is 26.4 Å². The van der Waals surface area contributed by atoms with Crippen molar-refractivity contribution in [3.8, 4) is 11.5 Å². The lowest BCUT2D eigenvalue weighted by Gasteiger charge is -2.11. The second kappa shape index (κ2) is 9.18. The van der Waals surface area contributed by atoms with Crippen molar-refractivity contribution in [1.29, 1.82) is 0 Å². The number of nitrogens with one attached hydrogen (secondary N) is 2. The predicted molar refractivity (Wildman–Crippen MR) is 111 cm³/mol. The highest BCUT2D eigenvalue weighted by atomic mass is 32.2. The van der Waals surface area contributed by atoms with Crippen molar-refractivity contribution in [3.63, 3.8) is 0 Å². The second-order valence-corrected chi connectivity index (χ2v) is 8.07. The van der Waals surface area contributed by atoms with Crippen LogP contribution in [-0.2, 0) is 10.0 Å². The number of carbonyl (C=O) groups excluding carboxylic acids is 1. The fourth-order valence-corrected chi connectivity index (χ4v) is 3.69. The molecule has 0 saturated carbocycles. The lowest BCUT2D eigenvalue weighted by molar-refractivity contribution is -0.274. The summed E-state index contributed by atoms with van der Waals surface area (Å²) in [5.41, 5.74) is 0.513. The normalized spacial score (nSPS) is 11.5. The Kier molecular flexibility index (Phi) is 6.58. The van der Waals surface area contributed by atoms with Gasteiger partial charge in [-0.05, 0) is 60.7 Å². The third-order valence-electron chi connectivity index (χ3n) is 4.09. The molecule has 0 aliphatic heterocycles. The van der Waals surface area contributed by atoms with Crippen molar-refractivity contribution in [2.45, 2.75) is 11.3 Å². The van der Waals surface area contributed by atoms with E-state index in [4.69, 9.17) is 4.74 Å². The average molecular weight is 466 g/mol. The molecule has 2 N–H and O–H groups in total. The van der Waals surface area contributed by atoms with Crippen LogP contribution in [-0.4, -0.2) is 27.8 Å². The minimum Gasteiger partial charge on any atom is -0.497 e. The summed E-state index contributed by atoms with van der Waals surface area (Å²) < 4.78 is 73.3. The number of benzene rings is 3. The molecule has 0 fully saturated rings. The number of anilines is 2. The fraction of sp³-hybridized carbons (Fsp3) is 0.0952. The van der Waals surface area contributed by atoms with Crippen molar-refractivity contribution >= 4 is 27.3 Å². The molecule has 0 aliphatic rings. The smallest absolute Gasteiger partial charge is 0.497 e. The topological polar surface area (TPSA) is 93.7 Å². The Morgan fingerprint density at radius 3 is 2.12 bits per heavy atom. The van der Waals surface area contributed by atoms with E-state index in [-0.39, 0.29) is 16.1 Å². The molecule has 11 heteroatoms. The summed E-state index contributed by atoms with van der Waals surface area (Å²) in [6.45, 7) is 0. The number of methoxy groups -OCH3 is 1. The SMILES string of the molecule is COc1ccc(NS(=O)(=O)c2ccc(C(=O)Nc3cccc(OC(F)(F)F)c3)cc2)cc1. The predicted octanol–water partition coefficient (Wildman–Crippen LogP) is 4.65. The van der Waals surface area contributed by atoms with Gasteiger partial charge < -0.3 is 14.8 Å². The molecule has 0 aromatic heterocycles. The third kappa shape index (κ3) is 6.14. The van der Waals surface area contributed by atoms with E-state index in [0.29, 0.717) is 11.4 Å². The van der Waals surface area contributed by atoms with Crippen LogP contribution in [0.2, 0.25) is 0 Å². The Hall–Kier alpha value is -3.73. The van der Waals surface area contributed by atoms with Crippen LogP contribution in [0.3, 0.4) is 0 Å². The van der Waals surface area contributed by atoms with Gasteiger partial charge in [0.05, 0.1) is 12.0 Å². The molecule has 3 rings (SSSR count). The first kappa shape index (κ1) is 22.9. The number of sulfonamides is 1. The van der Waals surface area contributed by atoms with E-state index >= 15 is 0 Å². The fourth-order valence-electron chi connectivity index (χ4n) is 2.63. The maximum atomic E-state index is 12.5. The van der Waals surface area contributed by atoms with Gasteiger partial charge in [-0.3, -0.25) is 9.52 Å². The van der Waals surface area contributed by atoms with Gasteiger partial charge in [0.2, 0.25) is 0 Å². The summed E-state index contributed by atoms with van der Waals surface area (Å²) in [4.78, 5) is 12.3. The number of hydrogen-bond acceptors (Lipinski definition) is 5. The number of alkyl halides is 3. The Labute approximate surface area is 181 Å². The minimum absolute atomic E-state index is 0.0783. The molecule has 3 aromatic carbocycles. The van der Waals surface area contributed by atoms with Gasteiger partial charge in [0.1, 0.15) is 11.5 Å². The Bertz CT molecular complexity index is 1200. The summed E-state index contributed by atoms with van der Waals surface area (Å²) in [5, 5.41) is 2.43. The van der Waals surface area contributed by atoms with Crippen molar-refractivity contribution in [2.24, 2.45) is 0 Å². The van der Waals surface area contributed by atoms with Crippen LogP contribution in [0.4, 0.5) is 24.5 Å². The summed E-state index contributed by atoms with van der Waals surface area (Å²) in [6, 6.07) is 16.1. The van der Waals surface area contributed by atoms with Gasteiger partial charge in [0.25, 0.3) is 15.9 Å². The van der Waals surface area contributed by atoms with Crippen LogP contribution in [0.1, 0.15) is 10.4 Å². The van der Waals surface area contributed by atoms with Crippen molar-refractivity contribution in [3.05, 3.63) is 78.4 Å². The first-order valence-electron chi connectivity index (χ1n) is 9.00. The molecule has 0 saturated heterocycles. The second-order valence-electron chi connectivity index (χ2n) is 6.39. The number of carbonyl (C=O) groups is 1. The molecule has 0 atom stereocenters. The van der Waals surface area contributed by atoms with Crippen molar-refractivity contribution in [2.75, 3.05) is 17.1 Å². The van der Waals surface area contributed by atoms with Crippen LogP contribution in [0, 0.1) is 0 Å². The van der Waals surface area contributed by atoms with Gasteiger partial charge in [0.15, 0.2) is 0 Å². The monoisotopic (exact) mass is 466 g/mol. The number of ether oxygens (including phenoxy) is 2. The number of halogens is 3. The molecule has 3 aromatic rings. The van der Waals surface area contributed by atoms with E-state index in [1.165, 1.54) is 55.6 Å². The third-order valence-corrected chi connectivity index (χ3v) is 5.49. The molecular formula is C21H17F3N2O5S. The Balaban J connectivity index is 1.69. The molecule has 0 unspecified atom stereocenters. The van der Waals surface area contributed by atoms with Gasteiger partial charge in [-0.25, -0.2) is 8.42 Å². The van der Waals surface area contributed by atoms with Gasteiger partial charge in [0, 0.05) is 23.0 Å². The lowest BCUT2D eigenvalue weighted by atomic mass is 10.2. The van der Waals surface area contributed by atoms with Gasteiger partial charge in [-0.15, -0.1) is 13.2 Å².